The molecule has 24 heavy (non-hydrogen) atoms. The maximum atomic E-state index is 12.6. The lowest BCUT2D eigenvalue weighted by molar-refractivity contribution is -0.133. The predicted molar refractivity (Wildman–Crippen MR) is 90.9 cm³/mol. The Morgan fingerprint density at radius 2 is 1.96 bits per heavy atom. The van der Waals surface area contributed by atoms with Gasteiger partial charge in [-0.05, 0) is 36.8 Å². The van der Waals surface area contributed by atoms with Gasteiger partial charge in [0.05, 0.1) is 17.0 Å². The van der Waals surface area contributed by atoms with Crippen LogP contribution in [0.4, 0.5) is 0 Å². The van der Waals surface area contributed by atoms with Crippen molar-refractivity contribution in [2.75, 3.05) is 13.3 Å². The number of sulfonamides is 1. The lowest BCUT2D eigenvalue weighted by Crippen LogP contribution is -2.46. The molecule has 0 aromatic heterocycles. The van der Waals surface area contributed by atoms with Crippen LogP contribution in [0.3, 0.4) is 0 Å². The highest BCUT2D eigenvalue weighted by molar-refractivity contribution is 7.89. The third kappa shape index (κ3) is 3.43. The van der Waals surface area contributed by atoms with Crippen LogP contribution in [0.1, 0.15) is 13.8 Å². The van der Waals surface area contributed by atoms with Gasteiger partial charge in [0.25, 0.3) is 0 Å². The molecule has 0 bridgehead atoms. The molecule has 6 nitrogen and oxygen atoms in total. The fourth-order valence-electron chi connectivity index (χ4n) is 2.75. The molecule has 0 saturated carbocycles. The minimum atomic E-state index is -3.78. The maximum Gasteiger partial charge on any atom is 0.242 e. The Morgan fingerprint density at radius 3 is 2.62 bits per heavy atom. The Hall–Kier alpha value is -1.96. The average Bonchev–Trinajstić information content (AvgIpc) is 2.99. The zero-order valence-corrected chi connectivity index (χ0v) is 14.4. The van der Waals surface area contributed by atoms with Crippen LogP contribution >= 0.6 is 0 Å². The van der Waals surface area contributed by atoms with Crippen molar-refractivity contribution in [3.63, 3.8) is 0 Å². The maximum absolute atomic E-state index is 12.6. The molecule has 128 valence electrons. The van der Waals surface area contributed by atoms with E-state index in [1.165, 1.54) is 4.90 Å². The summed E-state index contributed by atoms with van der Waals surface area (Å²) in [6, 6.07) is 11.6. The first-order valence-electron chi connectivity index (χ1n) is 7.78. The summed E-state index contributed by atoms with van der Waals surface area (Å²) >= 11 is 0. The Morgan fingerprint density at radius 1 is 1.25 bits per heavy atom. The SMILES string of the molecule is CC(NS(=O)(=O)c1ccc2ccccc2c1)C(=O)N1CO[C@H](C)C1. The van der Waals surface area contributed by atoms with Crippen molar-refractivity contribution >= 4 is 26.7 Å². The summed E-state index contributed by atoms with van der Waals surface area (Å²) in [5.74, 6) is -0.288. The summed E-state index contributed by atoms with van der Waals surface area (Å²) in [5, 5.41) is 1.80. The highest BCUT2D eigenvalue weighted by atomic mass is 32.2. The van der Waals surface area contributed by atoms with E-state index in [0.29, 0.717) is 6.54 Å². The Kier molecular flexibility index (Phi) is 4.58. The lowest BCUT2D eigenvalue weighted by Gasteiger charge is -2.20. The van der Waals surface area contributed by atoms with E-state index in [4.69, 9.17) is 4.74 Å². The molecular weight excluding hydrogens is 328 g/mol. The van der Waals surface area contributed by atoms with Crippen molar-refractivity contribution in [3.8, 4) is 0 Å². The standard InChI is InChI=1S/C17H20N2O4S/c1-12-10-19(11-23-12)17(20)13(2)18-24(21,22)16-8-7-14-5-3-4-6-15(14)9-16/h3-9,12-13,18H,10-11H2,1-2H3/t12-,13?/m1/s1. The van der Waals surface area contributed by atoms with E-state index >= 15 is 0 Å². The van der Waals surface area contributed by atoms with Gasteiger partial charge in [-0.2, -0.15) is 4.72 Å². The second kappa shape index (κ2) is 6.51. The van der Waals surface area contributed by atoms with Crippen LogP contribution in [0.5, 0.6) is 0 Å². The molecule has 0 spiro atoms. The second-order valence-corrected chi connectivity index (χ2v) is 7.73. The number of carbonyl (C=O) groups is 1. The van der Waals surface area contributed by atoms with Gasteiger partial charge in [0.1, 0.15) is 6.73 Å². The third-order valence-corrected chi connectivity index (χ3v) is 5.58. The molecule has 1 aliphatic rings. The van der Waals surface area contributed by atoms with Crippen LogP contribution in [0.2, 0.25) is 0 Å². The fraction of sp³-hybridized carbons (Fsp3) is 0.353. The summed E-state index contributed by atoms with van der Waals surface area (Å²) in [6.07, 6.45) is -0.0294. The molecule has 1 amide bonds. The van der Waals surface area contributed by atoms with Crippen LogP contribution in [0, 0.1) is 0 Å². The summed E-state index contributed by atoms with van der Waals surface area (Å²) in [7, 11) is -3.78. The molecule has 1 N–H and O–H groups in total. The lowest BCUT2D eigenvalue weighted by atomic mass is 10.1. The molecule has 2 aromatic carbocycles. The highest BCUT2D eigenvalue weighted by Gasteiger charge is 2.30. The summed E-state index contributed by atoms with van der Waals surface area (Å²) < 4.78 is 32.9. The third-order valence-electron chi connectivity index (χ3n) is 4.04. The molecule has 3 rings (SSSR count). The number of hydrogen-bond donors (Lipinski definition) is 1. The quantitative estimate of drug-likeness (QED) is 0.913. The number of ether oxygens (including phenoxy) is 1. The Labute approximate surface area is 141 Å². The van der Waals surface area contributed by atoms with Gasteiger partial charge < -0.3 is 9.64 Å². The van der Waals surface area contributed by atoms with Crippen LogP contribution in [0.15, 0.2) is 47.4 Å². The van der Waals surface area contributed by atoms with E-state index in [-0.39, 0.29) is 23.6 Å². The summed E-state index contributed by atoms with van der Waals surface area (Å²) in [5.41, 5.74) is 0. The van der Waals surface area contributed by atoms with Crippen LogP contribution < -0.4 is 4.72 Å². The van der Waals surface area contributed by atoms with E-state index in [1.54, 1.807) is 25.1 Å². The minimum Gasteiger partial charge on any atom is -0.356 e. The second-order valence-electron chi connectivity index (χ2n) is 6.02. The highest BCUT2D eigenvalue weighted by Crippen LogP contribution is 2.19. The molecule has 0 aliphatic carbocycles. The zero-order valence-electron chi connectivity index (χ0n) is 13.6. The molecule has 2 atom stereocenters. The van der Waals surface area contributed by atoms with Crippen molar-refractivity contribution in [2.45, 2.75) is 30.9 Å². The van der Waals surface area contributed by atoms with Gasteiger partial charge in [0.2, 0.25) is 15.9 Å². The Bertz CT molecular complexity index is 866. The largest absolute Gasteiger partial charge is 0.356 e. The average molecular weight is 348 g/mol. The van der Waals surface area contributed by atoms with Crippen molar-refractivity contribution < 1.29 is 17.9 Å². The van der Waals surface area contributed by atoms with Crippen LogP contribution in [0.25, 0.3) is 10.8 Å². The van der Waals surface area contributed by atoms with Crippen molar-refractivity contribution in [3.05, 3.63) is 42.5 Å². The van der Waals surface area contributed by atoms with Gasteiger partial charge in [-0.1, -0.05) is 30.3 Å². The molecule has 1 unspecified atom stereocenters. The van der Waals surface area contributed by atoms with Gasteiger partial charge in [-0.3, -0.25) is 4.79 Å². The van der Waals surface area contributed by atoms with E-state index in [0.717, 1.165) is 10.8 Å². The van der Waals surface area contributed by atoms with Crippen LogP contribution in [-0.4, -0.2) is 44.6 Å². The summed E-state index contributed by atoms with van der Waals surface area (Å²) in [6.45, 7) is 4.09. The minimum absolute atomic E-state index is 0.0294. The number of nitrogens with zero attached hydrogens (tertiary/aromatic N) is 1. The number of benzene rings is 2. The van der Waals surface area contributed by atoms with Crippen molar-refractivity contribution in [1.82, 2.24) is 9.62 Å². The molecule has 0 radical (unpaired) electrons. The smallest absolute Gasteiger partial charge is 0.242 e. The summed E-state index contributed by atoms with van der Waals surface area (Å²) in [4.78, 5) is 14.0. The monoisotopic (exact) mass is 348 g/mol. The zero-order chi connectivity index (χ0) is 17.3. The van der Waals surface area contributed by atoms with E-state index < -0.39 is 16.1 Å². The van der Waals surface area contributed by atoms with Gasteiger partial charge >= 0.3 is 0 Å². The van der Waals surface area contributed by atoms with Gasteiger partial charge in [-0.15, -0.1) is 0 Å². The first kappa shape index (κ1) is 16.9. The van der Waals surface area contributed by atoms with Gasteiger partial charge in [0, 0.05) is 6.54 Å². The fourth-order valence-corrected chi connectivity index (χ4v) is 3.98. The molecule has 1 heterocycles. The molecule has 1 aliphatic heterocycles. The normalized spacial score (nSPS) is 19.6. The molecular formula is C17H20N2O4S. The number of rotatable bonds is 4. The molecule has 1 fully saturated rings. The van der Waals surface area contributed by atoms with E-state index in [2.05, 4.69) is 4.72 Å². The number of fused-ring (bicyclic) bond motifs is 1. The predicted octanol–water partition coefficient (Wildman–Crippen LogP) is 1.71. The molecule has 2 aromatic rings. The first-order valence-corrected chi connectivity index (χ1v) is 9.26. The van der Waals surface area contributed by atoms with Crippen molar-refractivity contribution in [1.29, 1.82) is 0 Å². The topological polar surface area (TPSA) is 75.7 Å². The molecule has 1 saturated heterocycles. The first-order chi connectivity index (χ1) is 11.4. The number of hydrogen-bond acceptors (Lipinski definition) is 4. The number of nitrogens with one attached hydrogen (secondary N) is 1. The van der Waals surface area contributed by atoms with Crippen molar-refractivity contribution in [2.24, 2.45) is 0 Å². The number of carbonyl (C=O) groups excluding carboxylic acids is 1. The van der Waals surface area contributed by atoms with E-state index in [9.17, 15) is 13.2 Å². The van der Waals surface area contributed by atoms with Gasteiger partial charge in [-0.25, -0.2) is 8.42 Å². The van der Waals surface area contributed by atoms with E-state index in [1.807, 2.05) is 31.2 Å². The Balaban J connectivity index is 1.78. The molecule has 7 heteroatoms. The van der Waals surface area contributed by atoms with Gasteiger partial charge in [0.15, 0.2) is 0 Å². The van der Waals surface area contributed by atoms with Crippen LogP contribution in [-0.2, 0) is 19.6 Å². The number of amides is 1.